The van der Waals surface area contributed by atoms with E-state index in [1.54, 1.807) is 11.3 Å². The predicted octanol–water partition coefficient (Wildman–Crippen LogP) is 4.16. The minimum atomic E-state index is 0.176. The highest BCUT2D eigenvalue weighted by Gasteiger charge is 2.07. The van der Waals surface area contributed by atoms with Gasteiger partial charge in [0.05, 0.1) is 29.0 Å². The Balaban J connectivity index is 2.09. The second-order valence-corrected chi connectivity index (χ2v) is 6.05. The van der Waals surface area contributed by atoms with Crippen LogP contribution < -0.4 is 10.1 Å². The molecule has 0 aliphatic carbocycles. The Morgan fingerprint density at radius 2 is 2.00 bits per heavy atom. The Morgan fingerprint density at radius 3 is 2.63 bits per heavy atom. The molecule has 0 radical (unpaired) electrons. The van der Waals surface area contributed by atoms with Crippen molar-refractivity contribution in [3.63, 3.8) is 0 Å². The summed E-state index contributed by atoms with van der Waals surface area (Å²) >= 11 is 1.74. The van der Waals surface area contributed by atoms with Crippen LogP contribution in [0.1, 0.15) is 29.4 Å². The van der Waals surface area contributed by atoms with Crippen molar-refractivity contribution in [1.82, 2.24) is 4.98 Å². The highest BCUT2D eigenvalue weighted by molar-refractivity contribution is 7.11. The fourth-order valence-electron chi connectivity index (χ4n) is 1.88. The summed E-state index contributed by atoms with van der Waals surface area (Å²) in [7, 11) is 0. The number of aryl methyl sites for hydroxylation is 2. The molecule has 4 heteroatoms. The molecule has 0 amide bonds. The van der Waals surface area contributed by atoms with Gasteiger partial charge in [0.25, 0.3) is 0 Å². The first-order chi connectivity index (χ1) is 9.06. The molecule has 19 heavy (non-hydrogen) atoms. The van der Waals surface area contributed by atoms with Crippen molar-refractivity contribution in [2.75, 3.05) is 5.32 Å². The van der Waals surface area contributed by atoms with Crippen molar-refractivity contribution in [1.29, 1.82) is 0 Å². The number of nitrogens with zero attached hydrogens (tertiary/aromatic N) is 1. The number of thiazole rings is 1. The Kier molecular flexibility index (Phi) is 4.43. The fraction of sp³-hybridized carbons (Fsp3) is 0.400. The van der Waals surface area contributed by atoms with E-state index >= 15 is 0 Å². The van der Waals surface area contributed by atoms with E-state index in [2.05, 4.69) is 17.2 Å². The number of aromatic nitrogens is 1. The first-order valence-corrected chi connectivity index (χ1v) is 7.30. The summed E-state index contributed by atoms with van der Waals surface area (Å²) in [5.74, 6) is 0.899. The van der Waals surface area contributed by atoms with E-state index in [0.29, 0.717) is 0 Å². The molecule has 0 saturated heterocycles. The molecule has 3 nitrogen and oxygen atoms in total. The molecule has 0 saturated carbocycles. The maximum atomic E-state index is 5.79. The van der Waals surface area contributed by atoms with Crippen molar-refractivity contribution >= 4 is 17.0 Å². The van der Waals surface area contributed by atoms with Crippen LogP contribution in [0.4, 0.5) is 5.69 Å². The SMILES string of the molecule is Cc1nc(C)c(CNc2ccccc2OC(C)C)s1. The molecular weight excluding hydrogens is 256 g/mol. The van der Waals surface area contributed by atoms with Gasteiger partial charge in [-0.15, -0.1) is 11.3 Å². The molecule has 1 aromatic carbocycles. The Hall–Kier alpha value is -1.55. The van der Waals surface area contributed by atoms with Gasteiger partial charge in [0.2, 0.25) is 0 Å². The number of anilines is 1. The van der Waals surface area contributed by atoms with E-state index in [4.69, 9.17) is 4.74 Å². The highest BCUT2D eigenvalue weighted by Crippen LogP contribution is 2.26. The average Bonchev–Trinajstić information content (AvgIpc) is 2.66. The largest absolute Gasteiger partial charge is 0.489 e. The second-order valence-electron chi connectivity index (χ2n) is 4.76. The van der Waals surface area contributed by atoms with Gasteiger partial charge in [0.15, 0.2) is 0 Å². The van der Waals surface area contributed by atoms with Gasteiger partial charge >= 0.3 is 0 Å². The van der Waals surface area contributed by atoms with Crippen LogP contribution in [0.5, 0.6) is 5.75 Å². The predicted molar refractivity (Wildman–Crippen MR) is 81.1 cm³/mol. The summed E-state index contributed by atoms with van der Waals surface area (Å²) in [5.41, 5.74) is 2.14. The molecule has 0 aliphatic heterocycles. The average molecular weight is 276 g/mol. The van der Waals surface area contributed by atoms with E-state index in [1.807, 2.05) is 45.0 Å². The van der Waals surface area contributed by atoms with Gasteiger partial charge in [0, 0.05) is 4.88 Å². The number of benzene rings is 1. The first-order valence-electron chi connectivity index (χ1n) is 6.48. The summed E-state index contributed by atoms with van der Waals surface area (Å²) < 4.78 is 5.79. The van der Waals surface area contributed by atoms with Gasteiger partial charge in [-0.3, -0.25) is 0 Å². The topological polar surface area (TPSA) is 34.2 Å². The van der Waals surface area contributed by atoms with Gasteiger partial charge in [0.1, 0.15) is 5.75 Å². The number of hydrogen-bond acceptors (Lipinski definition) is 4. The molecule has 2 rings (SSSR count). The number of para-hydroxylation sites is 2. The number of rotatable bonds is 5. The normalized spacial score (nSPS) is 10.8. The zero-order valence-electron chi connectivity index (χ0n) is 11.9. The van der Waals surface area contributed by atoms with Gasteiger partial charge in [-0.1, -0.05) is 12.1 Å². The van der Waals surface area contributed by atoms with Crippen molar-refractivity contribution in [3.8, 4) is 5.75 Å². The zero-order valence-corrected chi connectivity index (χ0v) is 12.7. The molecular formula is C15H20N2OS. The minimum Gasteiger partial charge on any atom is -0.489 e. The molecule has 1 aromatic heterocycles. The molecule has 0 spiro atoms. The van der Waals surface area contributed by atoms with E-state index in [0.717, 1.165) is 28.7 Å². The molecule has 0 bridgehead atoms. The lowest BCUT2D eigenvalue weighted by Gasteiger charge is -2.15. The number of ether oxygens (including phenoxy) is 1. The van der Waals surface area contributed by atoms with E-state index in [1.165, 1.54) is 4.88 Å². The van der Waals surface area contributed by atoms with Crippen LogP contribution in [0.25, 0.3) is 0 Å². The third-order valence-corrected chi connectivity index (χ3v) is 3.76. The van der Waals surface area contributed by atoms with Gasteiger partial charge in [-0.2, -0.15) is 0 Å². The quantitative estimate of drug-likeness (QED) is 0.890. The third kappa shape index (κ3) is 3.70. The van der Waals surface area contributed by atoms with Crippen LogP contribution in [0.15, 0.2) is 24.3 Å². The molecule has 102 valence electrons. The van der Waals surface area contributed by atoms with Crippen LogP contribution in [-0.2, 0) is 6.54 Å². The molecule has 1 heterocycles. The maximum absolute atomic E-state index is 5.79. The lowest BCUT2D eigenvalue weighted by Crippen LogP contribution is -2.08. The zero-order chi connectivity index (χ0) is 13.8. The van der Waals surface area contributed by atoms with Crippen LogP contribution in [-0.4, -0.2) is 11.1 Å². The summed E-state index contributed by atoms with van der Waals surface area (Å²) in [5, 5.41) is 4.55. The molecule has 0 aliphatic rings. The van der Waals surface area contributed by atoms with Crippen LogP contribution >= 0.6 is 11.3 Å². The summed E-state index contributed by atoms with van der Waals surface area (Å²) in [4.78, 5) is 5.72. The molecule has 0 unspecified atom stereocenters. The van der Waals surface area contributed by atoms with E-state index in [9.17, 15) is 0 Å². The van der Waals surface area contributed by atoms with Gasteiger partial charge in [-0.05, 0) is 39.8 Å². The Labute approximate surface area is 118 Å². The monoisotopic (exact) mass is 276 g/mol. The maximum Gasteiger partial charge on any atom is 0.142 e. The number of hydrogen-bond donors (Lipinski definition) is 1. The van der Waals surface area contributed by atoms with Crippen molar-refractivity contribution in [3.05, 3.63) is 39.8 Å². The molecule has 1 N–H and O–H groups in total. The smallest absolute Gasteiger partial charge is 0.142 e. The van der Waals surface area contributed by atoms with Crippen LogP contribution in [0.2, 0.25) is 0 Å². The second kappa shape index (κ2) is 6.06. The van der Waals surface area contributed by atoms with Crippen LogP contribution in [0.3, 0.4) is 0 Å². The molecule has 2 aromatic rings. The Bertz CT molecular complexity index is 549. The van der Waals surface area contributed by atoms with Gasteiger partial charge < -0.3 is 10.1 Å². The highest BCUT2D eigenvalue weighted by atomic mass is 32.1. The van der Waals surface area contributed by atoms with Crippen molar-refractivity contribution in [2.45, 2.75) is 40.3 Å². The summed E-state index contributed by atoms with van der Waals surface area (Å²) in [6, 6.07) is 8.04. The third-order valence-electron chi connectivity index (χ3n) is 2.69. The fourth-order valence-corrected chi connectivity index (χ4v) is 2.76. The molecule has 0 fully saturated rings. The van der Waals surface area contributed by atoms with Gasteiger partial charge in [-0.25, -0.2) is 4.98 Å². The Morgan fingerprint density at radius 1 is 1.26 bits per heavy atom. The van der Waals surface area contributed by atoms with Crippen molar-refractivity contribution < 1.29 is 4.74 Å². The first kappa shape index (κ1) is 13.9. The van der Waals surface area contributed by atoms with E-state index < -0.39 is 0 Å². The number of nitrogens with one attached hydrogen (secondary N) is 1. The lowest BCUT2D eigenvalue weighted by molar-refractivity contribution is 0.243. The summed E-state index contributed by atoms with van der Waals surface area (Å²) in [6.45, 7) is 8.95. The minimum absolute atomic E-state index is 0.176. The lowest BCUT2D eigenvalue weighted by atomic mass is 10.2. The van der Waals surface area contributed by atoms with Crippen molar-refractivity contribution in [2.24, 2.45) is 0 Å². The standard InChI is InChI=1S/C15H20N2OS/c1-10(2)18-14-8-6-5-7-13(14)16-9-15-11(3)17-12(4)19-15/h5-8,10,16H,9H2,1-4H3. The molecule has 0 atom stereocenters. The summed E-state index contributed by atoms with van der Waals surface area (Å²) in [6.07, 6.45) is 0.176. The van der Waals surface area contributed by atoms with Crippen LogP contribution in [0, 0.1) is 13.8 Å². The van der Waals surface area contributed by atoms with E-state index in [-0.39, 0.29) is 6.10 Å².